The zero-order valence-corrected chi connectivity index (χ0v) is 11.1. The lowest BCUT2D eigenvalue weighted by Gasteiger charge is -2.15. The van der Waals surface area contributed by atoms with Gasteiger partial charge in [0.2, 0.25) is 0 Å². The highest BCUT2D eigenvalue weighted by atomic mass is 32.2. The van der Waals surface area contributed by atoms with Gasteiger partial charge in [-0.25, -0.2) is 8.42 Å². The van der Waals surface area contributed by atoms with Gasteiger partial charge in [0.05, 0.1) is 11.3 Å². The Morgan fingerprint density at radius 2 is 1.83 bits per heavy atom. The SMILES string of the molecule is Cc1cc(C)c(S(=O)(=O)NO)c(C)c1CC(=O)O. The average Bonchev–Trinajstić information content (AvgIpc) is 2.23. The first-order valence-corrected chi connectivity index (χ1v) is 6.66. The Bertz CT molecular complexity index is 592. The number of sulfonamides is 1. The van der Waals surface area contributed by atoms with Gasteiger partial charge in [-0.2, -0.15) is 0 Å². The number of carbonyl (C=O) groups is 1. The second kappa shape index (κ2) is 5.05. The lowest BCUT2D eigenvalue weighted by Crippen LogP contribution is -2.22. The summed E-state index contributed by atoms with van der Waals surface area (Å²) in [5, 5.41) is 17.5. The molecule has 1 aromatic carbocycles. The van der Waals surface area contributed by atoms with Crippen molar-refractivity contribution in [1.29, 1.82) is 0 Å². The first-order valence-electron chi connectivity index (χ1n) is 5.18. The second-order valence-corrected chi connectivity index (χ2v) is 5.71. The number of nitrogens with one attached hydrogen (secondary N) is 1. The molecule has 0 aliphatic heterocycles. The number of hydrogen-bond acceptors (Lipinski definition) is 4. The molecule has 0 atom stereocenters. The number of hydrogen-bond donors (Lipinski definition) is 3. The number of aryl methyl sites for hydroxylation is 2. The quantitative estimate of drug-likeness (QED) is 0.707. The van der Waals surface area contributed by atoms with Gasteiger partial charge in [0.1, 0.15) is 0 Å². The van der Waals surface area contributed by atoms with Gasteiger partial charge in [-0.05, 0) is 43.0 Å². The molecule has 1 aromatic rings. The number of aliphatic carboxylic acids is 1. The van der Waals surface area contributed by atoms with Crippen LogP contribution in [0.15, 0.2) is 11.0 Å². The first kappa shape index (κ1) is 14.6. The van der Waals surface area contributed by atoms with E-state index in [4.69, 9.17) is 10.3 Å². The van der Waals surface area contributed by atoms with Crippen molar-refractivity contribution in [2.45, 2.75) is 32.1 Å². The third kappa shape index (κ3) is 2.69. The van der Waals surface area contributed by atoms with Crippen molar-refractivity contribution in [3.8, 4) is 0 Å². The predicted octanol–water partition coefficient (Wildman–Crippen LogP) is 0.906. The molecule has 1 rings (SSSR count). The van der Waals surface area contributed by atoms with E-state index in [-0.39, 0.29) is 11.3 Å². The topological polar surface area (TPSA) is 104 Å². The van der Waals surface area contributed by atoms with E-state index in [0.717, 1.165) is 0 Å². The Morgan fingerprint density at radius 1 is 1.28 bits per heavy atom. The van der Waals surface area contributed by atoms with Crippen LogP contribution in [0.5, 0.6) is 0 Å². The molecule has 18 heavy (non-hydrogen) atoms. The maximum atomic E-state index is 11.7. The van der Waals surface area contributed by atoms with Gasteiger partial charge in [-0.1, -0.05) is 11.0 Å². The molecule has 0 amide bonds. The van der Waals surface area contributed by atoms with E-state index < -0.39 is 16.0 Å². The fourth-order valence-electron chi connectivity index (χ4n) is 2.09. The van der Waals surface area contributed by atoms with Crippen LogP contribution in [-0.4, -0.2) is 24.7 Å². The molecule has 100 valence electrons. The van der Waals surface area contributed by atoms with Crippen LogP contribution < -0.4 is 4.89 Å². The van der Waals surface area contributed by atoms with Crippen LogP contribution >= 0.6 is 0 Å². The van der Waals surface area contributed by atoms with Crippen molar-refractivity contribution in [2.24, 2.45) is 0 Å². The summed E-state index contributed by atoms with van der Waals surface area (Å²) in [6.45, 7) is 4.85. The summed E-state index contributed by atoms with van der Waals surface area (Å²) < 4.78 is 23.4. The Hall–Kier alpha value is -1.44. The molecule has 0 aromatic heterocycles. The van der Waals surface area contributed by atoms with Gasteiger partial charge in [0.25, 0.3) is 10.0 Å². The van der Waals surface area contributed by atoms with Gasteiger partial charge in [0, 0.05) is 0 Å². The van der Waals surface area contributed by atoms with Crippen molar-refractivity contribution < 1.29 is 23.5 Å². The van der Waals surface area contributed by atoms with E-state index in [2.05, 4.69) is 0 Å². The van der Waals surface area contributed by atoms with E-state index in [9.17, 15) is 13.2 Å². The number of benzene rings is 1. The van der Waals surface area contributed by atoms with Crippen molar-refractivity contribution >= 4 is 16.0 Å². The molecule has 0 saturated heterocycles. The fraction of sp³-hybridized carbons (Fsp3) is 0.364. The maximum Gasteiger partial charge on any atom is 0.307 e. The summed E-state index contributed by atoms with van der Waals surface area (Å²) in [4.78, 5) is 12.0. The van der Waals surface area contributed by atoms with Crippen molar-refractivity contribution in [3.63, 3.8) is 0 Å². The monoisotopic (exact) mass is 273 g/mol. The van der Waals surface area contributed by atoms with Crippen molar-refractivity contribution in [1.82, 2.24) is 4.89 Å². The molecule has 0 spiro atoms. The molecule has 0 radical (unpaired) electrons. The summed E-state index contributed by atoms with van der Waals surface area (Å²) >= 11 is 0. The van der Waals surface area contributed by atoms with Crippen LogP contribution in [-0.2, 0) is 21.2 Å². The zero-order valence-electron chi connectivity index (χ0n) is 10.3. The summed E-state index contributed by atoms with van der Waals surface area (Å²) in [6, 6.07) is 1.59. The smallest absolute Gasteiger partial charge is 0.307 e. The van der Waals surface area contributed by atoms with Crippen LogP contribution in [0.2, 0.25) is 0 Å². The minimum absolute atomic E-state index is 0.0770. The van der Waals surface area contributed by atoms with E-state index in [1.807, 2.05) is 0 Å². The van der Waals surface area contributed by atoms with E-state index in [1.165, 1.54) is 11.8 Å². The van der Waals surface area contributed by atoms with Crippen LogP contribution in [0.3, 0.4) is 0 Å². The Labute approximate surface area is 105 Å². The highest BCUT2D eigenvalue weighted by Crippen LogP contribution is 2.26. The minimum Gasteiger partial charge on any atom is -0.481 e. The largest absolute Gasteiger partial charge is 0.481 e. The average molecular weight is 273 g/mol. The minimum atomic E-state index is -4.02. The van der Waals surface area contributed by atoms with Crippen LogP contribution in [0.4, 0.5) is 0 Å². The maximum absolute atomic E-state index is 11.7. The molecule has 3 N–H and O–H groups in total. The van der Waals surface area contributed by atoms with Gasteiger partial charge >= 0.3 is 5.97 Å². The molecular weight excluding hydrogens is 258 g/mol. The first-order chi connectivity index (χ1) is 8.20. The number of rotatable bonds is 4. The number of carboxylic acids is 1. The van der Waals surface area contributed by atoms with E-state index >= 15 is 0 Å². The van der Waals surface area contributed by atoms with Gasteiger partial charge in [0.15, 0.2) is 0 Å². The molecule has 0 bridgehead atoms. The Morgan fingerprint density at radius 3 is 2.28 bits per heavy atom. The van der Waals surface area contributed by atoms with Crippen molar-refractivity contribution in [3.05, 3.63) is 28.3 Å². The summed E-state index contributed by atoms with van der Waals surface area (Å²) in [5.41, 5.74) is 1.96. The molecule has 0 fully saturated rings. The summed E-state index contributed by atoms with van der Waals surface area (Å²) in [7, 11) is -4.02. The Balaban J connectivity index is 3.60. The number of carboxylic acid groups (broad SMARTS) is 1. The molecule has 0 heterocycles. The van der Waals surface area contributed by atoms with Crippen LogP contribution in [0.1, 0.15) is 22.3 Å². The van der Waals surface area contributed by atoms with Crippen LogP contribution in [0.25, 0.3) is 0 Å². The molecule has 0 aliphatic carbocycles. The fourth-order valence-corrected chi connectivity index (χ4v) is 3.19. The second-order valence-electron chi connectivity index (χ2n) is 4.11. The third-order valence-corrected chi connectivity index (χ3v) is 4.18. The molecule has 0 saturated carbocycles. The molecule has 0 aliphatic rings. The third-order valence-electron chi connectivity index (χ3n) is 2.78. The van der Waals surface area contributed by atoms with Crippen molar-refractivity contribution in [2.75, 3.05) is 0 Å². The Kier molecular flexibility index (Phi) is 4.10. The van der Waals surface area contributed by atoms with Gasteiger partial charge in [-0.3, -0.25) is 4.79 Å². The highest BCUT2D eigenvalue weighted by Gasteiger charge is 2.22. The lowest BCUT2D eigenvalue weighted by molar-refractivity contribution is -0.136. The summed E-state index contributed by atoms with van der Waals surface area (Å²) in [6.07, 6.45) is -0.258. The molecule has 6 nitrogen and oxygen atoms in total. The standard InChI is InChI=1S/C11H15NO5S/c1-6-4-7(2)11(18(16,17)12-15)8(3)9(6)5-10(13)14/h4,12,15H,5H2,1-3H3,(H,13,14). The predicted molar refractivity (Wildman–Crippen MR) is 64.1 cm³/mol. The molecule has 0 unspecified atom stereocenters. The van der Waals surface area contributed by atoms with Crippen LogP contribution in [0, 0.1) is 20.8 Å². The highest BCUT2D eigenvalue weighted by molar-refractivity contribution is 7.89. The lowest BCUT2D eigenvalue weighted by atomic mass is 9.97. The van der Waals surface area contributed by atoms with E-state index in [1.54, 1.807) is 19.9 Å². The van der Waals surface area contributed by atoms with E-state index in [0.29, 0.717) is 22.3 Å². The molecule has 7 heteroatoms. The summed E-state index contributed by atoms with van der Waals surface area (Å²) in [5.74, 6) is -1.04. The van der Waals surface area contributed by atoms with Gasteiger partial charge < -0.3 is 10.3 Å². The zero-order chi connectivity index (χ0) is 14.1. The van der Waals surface area contributed by atoms with Gasteiger partial charge in [-0.15, -0.1) is 0 Å². The molecular formula is C11H15NO5S. The normalized spacial score (nSPS) is 11.6.